The number of nitrogens with one attached hydrogen (secondary N) is 1. The Bertz CT molecular complexity index is 376. The smallest absolute Gasteiger partial charge is 0.317 e. The van der Waals surface area contributed by atoms with Crippen molar-refractivity contribution in [2.24, 2.45) is 5.92 Å². The molecule has 2 amide bonds. The highest BCUT2D eigenvalue weighted by atomic mass is 16.5. The summed E-state index contributed by atoms with van der Waals surface area (Å²) in [7, 11) is 0. The molecule has 0 radical (unpaired) electrons. The van der Waals surface area contributed by atoms with Crippen molar-refractivity contribution < 1.29 is 9.53 Å². The van der Waals surface area contributed by atoms with E-state index in [0.717, 1.165) is 51.5 Å². The number of likely N-dealkylation sites (tertiary alicyclic amines) is 1. The van der Waals surface area contributed by atoms with Gasteiger partial charge >= 0.3 is 6.03 Å². The topological polar surface area (TPSA) is 44.8 Å². The van der Waals surface area contributed by atoms with Gasteiger partial charge in [-0.3, -0.25) is 4.90 Å². The normalized spacial score (nSPS) is 33.7. The van der Waals surface area contributed by atoms with Gasteiger partial charge in [-0.1, -0.05) is 6.42 Å². The number of carbonyl (C=O) groups excluding carboxylic acids is 1. The van der Waals surface area contributed by atoms with Gasteiger partial charge in [-0.15, -0.1) is 0 Å². The summed E-state index contributed by atoms with van der Waals surface area (Å²) in [5.41, 5.74) is 0. The van der Waals surface area contributed by atoms with Crippen LogP contribution in [0.25, 0.3) is 0 Å². The molecule has 3 atom stereocenters. The number of rotatable bonds is 4. The van der Waals surface area contributed by atoms with Gasteiger partial charge in [0.25, 0.3) is 0 Å². The SMILES string of the molecule is C[C@@H]1CN(C[C@H]2CCCN2C(=O)NCC2CCC2)C[C@@H](C)O1. The lowest BCUT2D eigenvalue weighted by molar-refractivity contribution is -0.0713. The first-order valence-electron chi connectivity index (χ1n) is 9.04. The molecule has 0 spiro atoms. The second kappa shape index (κ2) is 7.18. The molecule has 0 unspecified atom stereocenters. The monoisotopic (exact) mass is 309 g/mol. The van der Waals surface area contributed by atoms with Crippen molar-refractivity contribution in [3.05, 3.63) is 0 Å². The molecule has 1 N–H and O–H groups in total. The molecule has 0 aromatic carbocycles. The summed E-state index contributed by atoms with van der Waals surface area (Å²) in [6.45, 7) is 9.02. The largest absolute Gasteiger partial charge is 0.373 e. The molecule has 22 heavy (non-hydrogen) atoms. The summed E-state index contributed by atoms with van der Waals surface area (Å²) < 4.78 is 5.80. The Morgan fingerprint density at radius 3 is 2.50 bits per heavy atom. The highest BCUT2D eigenvalue weighted by Crippen LogP contribution is 2.26. The van der Waals surface area contributed by atoms with Gasteiger partial charge in [0.15, 0.2) is 0 Å². The number of urea groups is 1. The van der Waals surface area contributed by atoms with Crippen LogP contribution in [0, 0.1) is 5.92 Å². The molecule has 2 heterocycles. The molecule has 5 nitrogen and oxygen atoms in total. The van der Waals surface area contributed by atoms with E-state index in [1.165, 1.54) is 19.3 Å². The fourth-order valence-corrected chi connectivity index (χ4v) is 4.05. The van der Waals surface area contributed by atoms with Crippen LogP contribution in [0.2, 0.25) is 0 Å². The van der Waals surface area contributed by atoms with Crippen LogP contribution in [0.4, 0.5) is 4.79 Å². The van der Waals surface area contributed by atoms with Gasteiger partial charge in [0.1, 0.15) is 0 Å². The molecule has 1 saturated carbocycles. The lowest BCUT2D eigenvalue weighted by Crippen LogP contribution is -2.52. The Hall–Kier alpha value is -0.810. The Kier molecular flexibility index (Phi) is 5.24. The molecule has 1 aliphatic carbocycles. The number of nitrogens with zero attached hydrogens (tertiary/aromatic N) is 2. The fourth-order valence-electron chi connectivity index (χ4n) is 4.05. The number of hydrogen-bond acceptors (Lipinski definition) is 3. The molecule has 3 aliphatic rings. The minimum absolute atomic E-state index is 0.156. The van der Waals surface area contributed by atoms with Crippen molar-refractivity contribution in [1.82, 2.24) is 15.1 Å². The summed E-state index contributed by atoms with van der Waals surface area (Å²) in [4.78, 5) is 17.0. The molecule has 2 saturated heterocycles. The summed E-state index contributed by atoms with van der Waals surface area (Å²) >= 11 is 0. The predicted molar refractivity (Wildman–Crippen MR) is 86.9 cm³/mol. The Morgan fingerprint density at radius 1 is 1.14 bits per heavy atom. The van der Waals surface area contributed by atoms with Crippen LogP contribution in [-0.4, -0.2) is 66.8 Å². The van der Waals surface area contributed by atoms with Crippen LogP contribution in [-0.2, 0) is 4.74 Å². The highest BCUT2D eigenvalue weighted by molar-refractivity contribution is 5.74. The molecule has 3 fully saturated rings. The fraction of sp³-hybridized carbons (Fsp3) is 0.941. The zero-order valence-corrected chi connectivity index (χ0v) is 14.1. The van der Waals surface area contributed by atoms with E-state index in [1.807, 2.05) is 0 Å². The molecule has 5 heteroatoms. The van der Waals surface area contributed by atoms with Gasteiger partial charge in [-0.05, 0) is 45.4 Å². The van der Waals surface area contributed by atoms with E-state index in [-0.39, 0.29) is 6.03 Å². The van der Waals surface area contributed by atoms with Crippen LogP contribution in [0.1, 0.15) is 46.0 Å². The summed E-state index contributed by atoms with van der Waals surface area (Å²) in [5, 5.41) is 3.16. The standard InChI is InChI=1S/C17H31N3O2/c1-13-10-19(11-14(2)22-13)12-16-7-4-8-20(16)17(21)18-9-15-5-3-6-15/h13-16H,3-12H2,1-2H3,(H,18,21)/t13-,14-,16-/m1/s1. The van der Waals surface area contributed by atoms with Gasteiger partial charge in [-0.25, -0.2) is 4.79 Å². The van der Waals surface area contributed by atoms with Crippen molar-refractivity contribution in [3.63, 3.8) is 0 Å². The Balaban J connectivity index is 1.48. The van der Waals surface area contributed by atoms with Crippen molar-refractivity contribution >= 4 is 6.03 Å². The highest BCUT2D eigenvalue weighted by Gasteiger charge is 2.32. The number of ether oxygens (including phenoxy) is 1. The minimum Gasteiger partial charge on any atom is -0.373 e. The molecule has 3 rings (SSSR count). The number of morpholine rings is 1. The molecule has 2 aliphatic heterocycles. The van der Waals surface area contributed by atoms with E-state index in [9.17, 15) is 4.79 Å². The second-order valence-electron chi connectivity index (χ2n) is 7.45. The average Bonchev–Trinajstić information content (AvgIpc) is 2.83. The molecule has 0 aromatic rings. The Labute approximate surface area is 134 Å². The molecular formula is C17H31N3O2. The van der Waals surface area contributed by atoms with Crippen LogP contribution in [0.5, 0.6) is 0 Å². The third kappa shape index (κ3) is 3.93. The van der Waals surface area contributed by atoms with E-state index in [2.05, 4.69) is 29.0 Å². The molecule has 0 bridgehead atoms. The number of amides is 2. The third-order valence-electron chi connectivity index (χ3n) is 5.37. The summed E-state index contributed by atoms with van der Waals surface area (Å²) in [6.07, 6.45) is 6.77. The quantitative estimate of drug-likeness (QED) is 0.865. The average molecular weight is 309 g/mol. The number of carbonyl (C=O) groups is 1. The molecule has 126 valence electrons. The zero-order chi connectivity index (χ0) is 15.5. The van der Waals surface area contributed by atoms with Crippen LogP contribution in [0.3, 0.4) is 0 Å². The first-order valence-corrected chi connectivity index (χ1v) is 9.04. The van der Waals surface area contributed by atoms with E-state index in [4.69, 9.17) is 4.74 Å². The van der Waals surface area contributed by atoms with Crippen molar-refractivity contribution in [2.75, 3.05) is 32.7 Å². The zero-order valence-electron chi connectivity index (χ0n) is 14.1. The van der Waals surface area contributed by atoms with Gasteiger partial charge in [0.2, 0.25) is 0 Å². The lowest BCUT2D eigenvalue weighted by atomic mass is 9.85. The molecule has 0 aromatic heterocycles. The third-order valence-corrected chi connectivity index (χ3v) is 5.37. The second-order valence-corrected chi connectivity index (χ2v) is 7.45. The maximum absolute atomic E-state index is 12.4. The van der Waals surface area contributed by atoms with Crippen LogP contribution >= 0.6 is 0 Å². The number of hydrogen-bond donors (Lipinski definition) is 1. The Morgan fingerprint density at radius 2 is 1.86 bits per heavy atom. The van der Waals surface area contributed by atoms with E-state index < -0.39 is 0 Å². The first kappa shape index (κ1) is 16.1. The van der Waals surface area contributed by atoms with Crippen molar-refractivity contribution in [2.45, 2.75) is 64.2 Å². The van der Waals surface area contributed by atoms with Gasteiger partial charge in [0, 0.05) is 38.8 Å². The maximum atomic E-state index is 12.4. The molecular weight excluding hydrogens is 278 g/mol. The predicted octanol–water partition coefficient (Wildman–Crippen LogP) is 2.07. The van der Waals surface area contributed by atoms with E-state index in [1.54, 1.807) is 0 Å². The van der Waals surface area contributed by atoms with E-state index >= 15 is 0 Å². The van der Waals surface area contributed by atoms with Crippen LogP contribution in [0.15, 0.2) is 0 Å². The van der Waals surface area contributed by atoms with Crippen LogP contribution < -0.4 is 5.32 Å². The van der Waals surface area contributed by atoms with Gasteiger partial charge in [0.05, 0.1) is 12.2 Å². The maximum Gasteiger partial charge on any atom is 0.317 e. The van der Waals surface area contributed by atoms with Crippen molar-refractivity contribution in [3.8, 4) is 0 Å². The van der Waals surface area contributed by atoms with Gasteiger partial charge < -0.3 is 15.0 Å². The summed E-state index contributed by atoms with van der Waals surface area (Å²) in [5.74, 6) is 0.728. The van der Waals surface area contributed by atoms with E-state index in [0.29, 0.717) is 18.2 Å². The first-order chi connectivity index (χ1) is 10.6. The summed E-state index contributed by atoms with van der Waals surface area (Å²) in [6, 6.07) is 0.530. The van der Waals surface area contributed by atoms with Gasteiger partial charge in [-0.2, -0.15) is 0 Å². The minimum atomic E-state index is 0.156. The van der Waals surface area contributed by atoms with Crippen molar-refractivity contribution in [1.29, 1.82) is 0 Å². The lowest BCUT2D eigenvalue weighted by Gasteiger charge is -2.38.